The Morgan fingerprint density at radius 3 is 2.52 bits per heavy atom. The SMILES string of the molecule is CC(Nc1cc(N)nc(C(C)(C)C)n1)c1cccc(Cl)c1. The predicted molar refractivity (Wildman–Crippen MR) is 88.6 cm³/mol. The summed E-state index contributed by atoms with van der Waals surface area (Å²) in [7, 11) is 0. The highest BCUT2D eigenvalue weighted by Gasteiger charge is 2.19. The Bertz CT molecular complexity index is 634. The molecule has 3 N–H and O–H groups in total. The fourth-order valence-electron chi connectivity index (χ4n) is 1.96. The minimum absolute atomic E-state index is 0.0748. The average molecular weight is 305 g/mol. The fraction of sp³-hybridized carbons (Fsp3) is 0.375. The largest absolute Gasteiger partial charge is 0.384 e. The molecule has 0 fully saturated rings. The quantitative estimate of drug-likeness (QED) is 0.892. The fourth-order valence-corrected chi connectivity index (χ4v) is 2.16. The van der Waals surface area contributed by atoms with E-state index in [0.717, 1.165) is 22.2 Å². The molecule has 0 bridgehead atoms. The van der Waals surface area contributed by atoms with Gasteiger partial charge in [-0.25, -0.2) is 9.97 Å². The number of aromatic nitrogens is 2. The van der Waals surface area contributed by atoms with Gasteiger partial charge in [0.15, 0.2) is 0 Å². The first-order valence-corrected chi connectivity index (χ1v) is 7.30. The van der Waals surface area contributed by atoms with Crippen LogP contribution in [0.3, 0.4) is 0 Å². The van der Waals surface area contributed by atoms with E-state index in [0.29, 0.717) is 5.82 Å². The van der Waals surface area contributed by atoms with Gasteiger partial charge in [-0.05, 0) is 24.6 Å². The maximum absolute atomic E-state index is 6.03. The number of hydrogen-bond donors (Lipinski definition) is 2. The van der Waals surface area contributed by atoms with Gasteiger partial charge in [0.05, 0.1) is 0 Å². The van der Waals surface area contributed by atoms with Gasteiger partial charge in [0, 0.05) is 22.5 Å². The second-order valence-corrected chi connectivity index (χ2v) is 6.61. The van der Waals surface area contributed by atoms with Crippen LogP contribution in [0.5, 0.6) is 0 Å². The maximum atomic E-state index is 6.03. The summed E-state index contributed by atoms with van der Waals surface area (Å²) >= 11 is 6.03. The highest BCUT2D eigenvalue weighted by atomic mass is 35.5. The molecule has 0 saturated heterocycles. The second kappa shape index (κ2) is 5.90. The summed E-state index contributed by atoms with van der Waals surface area (Å²) in [5.74, 6) is 1.92. The maximum Gasteiger partial charge on any atom is 0.138 e. The molecule has 2 aromatic rings. The number of rotatable bonds is 3. The number of anilines is 2. The zero-order chi connectivity index (χ0) is 15.6. The van der Waals surface area contributed by atoms with Crippen LogP contribution in [0.15, 0.2) is 30.3 Å². The van der Waals surface area contributed by atoms with Crippen molar-refractivity contribution in [3.05, 3.63) is 46.7 Å². The van der Waals surface area contributed by atoms with Gasteiger partial charge >= 0.3 is 0 Å². The molecule has 0 aliphatic heterocycles. The molecule has 1 aromatic carbocycles. The van der Waals surface area contributed by atoms with Gasteiger partial charge in [-0.1, -0.05) is 44.5 Å². The molecule has 0 amide bonds. The van der Waals surface area contributed by atoms with Crippen LogP contribution in [-0.4, -0.2) is 9.97 Å². The Kier molecular flexibility index (Phi) is 4.37. The molecule has 1 heterocycles. The number of nitrogens with one attached hydrogen (secondary N) is 1. The Morgan fingerprint density at radius 2 is 1.90 bits per heavy atom. The van der Waals surface area contributed by atoms with E-state index in [1.54, 1.807) is 6.07 Å². The summed E-state index contributed by atoms with van der Waals surface area (Å²) in [6, 6.07) is 9.58. The lowest BCUT2D eigenvalue weighted by Crippen LogP contribution is -2.19. The van der Waals surface area contributed by atoms with E-state index >= 15 is 0 Å². The van der Waals surface area contributed by atoms with Crippen molar-refractivity contribution in [3.8, 4) is 0 Å². The summed E-state index contributed by atoms with van der Waals surface area (Å²) in [6.07, 6.45) is 0. The molecule has 0 aliphatic rings. The average Bonchev–Trinajstić information content (AvgIpc) is 2.37. The van der Waals surface area contributed by atoms with Crippen molar-refractivity contribution in [3.63, 3.8) is 0 Å². The molecule has 1 aromatic heterocycles. The molecule has 1 atom stereocenters. The number of nitrogens with two attached hydrogens (primary N) is 1. The molecule has 112 valence electrons. The topological polar surface area (TPSA) is 63.8 Å². The molecule has 2 rings (SSSR count). The lowest BCUT2D eigenvalue weighted by molar-refractivity contribution is 0.546. The summed E-state index contributed by atoms with van der Waals surface area (Å²) in [4.78, 5) is 8.86. The van der Waals surface area contributed by atoms with Gasteiger partial charge in [-0.2, -0.15) is 0 Å². The molecule has 4 nitrogen and oxygen atoms in total. The van der Waals surface area contributed by atoms with Crippen LogP contribution in [0.25, 0.3) is 0 Å². The highest BCUT2D eigenvalue weighted by Crippen LogP contribution is 2.24. The monoisotopic (exact) mass is 304 g/mol. The molecule has 21 heavy (non-hydrogen) atoms. The van der Waals surface area contributed by atoms with Gasteiger partial charge in [0.25, 0.3) is 0 Å². The zero-order valence-corrected chi connectivity index (χ0v) is 13.6. The summed E-state index contributed by atoms with van der Waals surface area (Å²) < 4.78 is 0. The predicted octanol–water partition coefficient (Wildman–Crippen LogP) is 4.18. The molecule has 0 saturated carbocycles. The number of nitrogens with zero attached hydrogens (tertiary/aromatic N) is 2. The van der Waals surface area contributed by atoms with Crippen LogP contribution in [0.2, 0.25) is 5.02 Å². The first kappa shape index (κ1) is 15.6. The van der Waals surface area contributed by atoms with E-state index in [-0.39, 0.29) is 11.5 Å². The van der Waals surface area contributed by atoms with Gasteiger partial charge in [-0.15, -0.1) is 0 Å². The van der Waals surface area contributed by atoms with Crippen molar-refractivity contribution >= 4 is 23.2 Å². The van der Waals surface area contributed by atoms with E-state index in [4.69, 9.17) is 17.3 Å². The van der Waals surface area contributed by atoms with Crippen LogP contribution in [0, 0.1) is 0 Å². The van der Waals surface area contributed by atoms with E-state index in [1.807, 2.05) is 24.3 Å². The minimum atomic E-state index is -0.148. The van der Waals surface area contributed by atoms with Gasteiger partial charge in [0.2, 0.25) is 0 Å². The molecule has 5 heteroatoms. The van der Waals surface area contributed by atoms with Crippen LogP contribution in [0.4, 0.5) is 11.6 Å². The lowest BCUT2D eigenvalue weighted by atomic mass is 9.96. The standard InChI is InChI=1S/C16H21ClN4/c1-10(11-6-5-7-12(17)8-11)19-14-9-13(18)20-15(21-14)16(2,3)4/h5-10H,1-4H3,(H3,18,19,20,21). The minimum Gasteiger partial charge on any atom is -0.384 e. The summed E-state index contributed by atoms with van der Waals surface area (Å²) in [5, 5.41) is 4.07. The van der Waals surface area contributed by atoms with Crippen LogP contribution in [0.1, 0.15) is 45.1 Å². The van der Waals surface area contributed by atoms with Crippen molar-refractivity contribution in [2.75, 3.05) is 11.1 Å². The van der Waals surface area contributed by atoms with Crippen LogP contribution < -0.4 is 11.1 Å². The first-order valence-electron chi connectivity index (χ1n) is 6.93. The highest BCUT2D eigenvalue weighted by molar-refractivity contribution is 6.30. The van der Waals surface area contributed by atoms with E-state index in [1.165, 1.54) is 0 Å². The van der Waals surface area contributed by atoms with Crippen LogP contribution in [-0.2, 0) is 5.41 Å². The van der Waals surface area contributed by atoms with Crippen molar-refractivity contribution in [2.45, 2.75) is 39.2 Å². The van der Waals surface area contributed by atoms with E-state index in [2.05, 4.69) is 43.0 Å². The molecule has 0 aliphatic carbocycles. The van der Waals surface area contributed by atoms with Crippen molar-refractivity contribution in [2.24, 2.45) is 0 Å². The van der Waals surface area contributed by atoms with Gasteiger partial charge in [-0.3, -0.25) is 0 Å². The Balaban J connectivity index is 2.25. The third kappa shape index (κ3) is 4.08. The zero-order valence-electron chi connectivity index (χ0n) is 12.8. The Morgan fingerprint density at radius 1 is 1.19 bits per heavy atom. The Hall–Kier alpha value is -1.81. The van der Waals surface area contributed by atoms with Gasteiger partial charge < -0.3 is 11.1 Å². The second-order valence-electron chi connectivity index (χ2n) is 6.17. The first-order chi connectivity index (χ1) is 9.75. The number of nitrogen functional groups attached to an aromatic ring is 1. The molecule has 0 radical (unpaired) electrons. The van der Waals surface area contributed by atoms with E-state index in [9.17, 15) is 0 Å². The van der Waals surface area contributed by atoms with Gasteiger partial charge in [0.1, 0.15) is 17.5 Å². The Labute approximate surface area is 130 Å². The number of benzene rings is 1. The smallest absolute Gasteiger partial charge is 0.138 e. The summed E-state index contributed by atoms with van der Waals surface area (Å²) in [6.45, 7) is 8.24. The summed E-state index contributed by atoms with van der Waals surface area (Å²) in [5.41, 5.74) is 6.83. The molecule has 0 spiro atoms. The lowest BCUT2D eigenvalue weighted by Gasteiger charge is -2.20. The molecule has 1 unspecified atom stereocenters. The van der Waals surface area contributed by atoms with E-state index < -0.39 is 0 Å². The van der Waals surface area contributed by atoms with Crippen molar-refractivity contribution < 1.29 is 0 Å². The van der Waals surface area contributed by atoms with Crippen molar-refractivity contribution in [1.29, 1.82) is 0 Å². The molecular weight excluding hydrogens is 284 g/mol. The third-order valence-electron chi connectivity index (χ3n) is 3.13. The molecular formula is C16H21ClN4. The van der Waals surface area contributed by atoms with Crippen molar-refractivity contribution in [1.82, 2.24) is 9.97 Å². The third-order valence-corrected chi connectivity index (χ3v) is 3.36. The number of halogens is 1. The van der Waals surface area contributed by atoms with Crippen LogP contribution >= 0.6 is 11.6 Å². The normalized spacial score (nSPS) is 13.0. The number of hydrogen-bond acceptors (Lipinski definition) is 4.